The molecular formula is C12H14F2N2O2. The summed E-state index contributed by atoms with van der Waals surface area (Å²) >= 11 is 0. The van der Waals surface area contributed by atoms with Gasteiger partial charge in [0.05, 0.1) is 0 Å². The van der Waals surface area contributed by atoms with Gasteiger partial charge < -0.3 is 15.8 Å². The van der Waals surface area contributed by atoms with Crippen LogP contribution in [0.1, 0.15) is 18.4 Å². The Hall–Kier alpha value is -1.69. The largest absolute Gasteiger partial charge is 0.438 e. The highest BCUT2D eigenvalue weighted by Gasteiger charge is 2.39. The smallest absolute Gasteiger partial charge is 0.405 e. The standard InChI is InChI=1S/C12H14F2N2O2/c13-8-1-2-9(10(14)7-8)12(18-11(15)17)3-5-16-6-4-12/h1-2,7,16H,3-6H2,(H2,15,17). The monoisotopic (exact) mass is 256 g/mol. The molecule has 0 aromatic heterocycles. The lowest BCUT2D eigenvalue weighted by molar-refractivity contribution is -0.0137. The predicted molar refractivity (Wildman–Crippen MR) is 60.8 cm³/mol. The number of hydrogen-bond donors (Lipinski definition) is 2. The molecule has 1 saturated heterocycles. The van der Waals surface area contributed by atoms with Crippen LogP contribution in [0.3, 0.4) is 0 Å². The zero-order chi connectivity index (χ0) is 13.2. The van der Waals surface area contributed by atoms with Crippen LogP contribution in [-0.4, -0.2) is 19.2 Å². The minimum absolute atomic E-state index is 0.171. The quantitative estimate of drug-likeness (QED) is 0.845. The number of carbonyl (C=O) groups is 1. The summed E-state index contributed by atoms with van der Waals surface area (Å²) in [6.45, 7) is 1.15. The van der Waals surface area contributed by atoms with Gasteiger partial charge in [0.2, 0.25) is 0 Å². The van der Waals surface area contributed by atoms with E-state index in [2.05, 4.69) is 5.32 Å². The number of halogens is 2. The summed E-state index contributed by atoms with van der Waals surface area (Å²) in [4.78, 5) is 11.0. The first-order valence-corrected chi connectivity index (χ1v) is 5.68. The van der Waals surface area contributed by atoms with Crippen molar-refractivity contribution in [1.29, 1.82) is 0 Å². The number of benzene rings is 1. The third kappa shape index (κ3) is 2.43. The van der Waals surface area contributed by atoms with E-state index in [4.69, 9.17) is 10.5 Å². The van der Waals surface area contributed by atoms with Crippen molar-refractivity contribution in [2.45, 2.75) is 18.4 Å². The third-order valence-corrected chi connectivity index (χ3v) is 3.13. The molecular weight excluding hydrogens is 242 g/mol. The van der Waals surface area contributed by atoms with Crippen molar-refractivity contribution >= 4 is 6.09 Å². The Labute approximate surface area is 103 Å². The van der Waals surface area contributed by atoms with Crippen molar-refractivity contribution in [3.63, 3.8) is 0 Å². The van der Waals surface area contributed by atoms with Gasteiger partial charge in [0, 0.05) is 24.5 Å². The summed E-state index contributed by atoms with van der Waals surface area (Å²) in [5.41, 5.74) is 4.12. The highest BCUT2D eigenvalue weighted by molar-refractivity contribution is 5.65. The second-order valence-corrected chi connectivity index (χ2v) is 4.29. The van der Waals surface area contributed by atoms with Gasteiger partial charge in [0.15, 0.2) is 0 Å². The fraction of sp³-hybridized carbons (Fsp3) is 0.417. The van der Waals surface area contributed by atoms with E-state index in [0.717, 1.165) is 12.1 Å². The van der Waals surface area contributed by atoms with Crippen molar-refractivity contribution in [1.82, 2.24) is 5.32 Å². The summed E-state index contributed by atoms with van der Waals surface area (Å²) in [6, 6.07) is 3.23. The number of hydrogen-bond acceptors (Lipinski definition) is 3. The molecule has 0 atom stereocenters. The Morgan fingerprint density at radius 1 is 1.33 bits per heavy atom. The molecule has 1 fully saturated rings. The zero-order valence-corrected chi connectivity index (χ0v) is 9.71. The van der Waals surface area contributed by atoms with Gasteiger partial charge in [-0.05, 0) is 25.2 Å². The Balaban J connectivity index is 2.41. The molecule has 0 spiro atoms. The Morgan fingerprint density at radius 2 is 2.00 bits per heavy atom. The van der Waals surface area contributed by atoms with E-state index < -0.39 is 23.3 Å². The predicted octanol–water partition coefficient (Wildman–Crippen LogP) is 1.64. The molecule has 0 saturated carbocycles. The minimum atomic E-state index is -1.10. The van der Waals surface area contributed by atoms with E-state index >= 15 is 0 Å². The fourth-order valence-corrected chi connectivity index (χ4v) is 2.31. The molecule has 4 nitrogen and oxygen atoms in total. The average Bonchev–Trinajstić information content (AvgIpc) is 2.28. The number of piperidine rings is 1. The van der Waals surface area contributed by atoms with E-state index in [-0.39, 0.29) is 5.56 Å². The second-order valence-electron chi connectivity index (χ2n) is 4.29. The second kappa shape index (κ2) is 4.89. The summed E-state index contributed by atoms with van der Waals surface area (Å²) in [7, 11) is 0. The highest BCUT2D eigenvalue weighted by atomic mass is 19.1. The van der Waals surface area contributed by atoms with Crippen LogP contribution >= 0.6 is 0 Å². The summed E-state index contributed by atoms with van der Waals surface area (Å²) in [6.07, 6.45) is -0.155. The molecule has 1 aromatic carbocycles. The van der Waals surface area contributed by atoms with Gasteiger partial charge in [-0.2, -0.15) is 0 Å². The number of carbonyl (C=O) groups excluding carboxylic acids is 1. The van der Waals surface area contributed by atoms with Crippen LogP contribution < -0.4 is 11.1 Å². The van der Waals surface area contributed by atoms with Crippen LogP contribution in [0.15, 0.2) is 18.2 Å². The van der Waals surface area contributed by atoms with Gasteiger partial charge in [-0.15, -0.1) is 0 Å². The summed E-state index contributed by atoms with van der Waals surface area (Å²) in [5.74, 6) is -1.39. The molecule has 3 N–H and O–H groups in total. The first kappa shape index (κ1) is 12.8. The molecule has 98 valence electrons. The van der Waals surface area contributed by atoms with Gasteiger partial charge in [0.25, 0.3) is 0 Å². The van der Waals surface area contributed by atoms with Crippen molar-refractivity contribution in [3.05, 3.63) is 35.4 Å². The van der Waals surface area contributed by atoms with Crippen molar-refractivity contribution in [2.75, 3.05) is 13.1 Å². The van der Waals surface area contributed by atoms with E-state index in [0.29, 0.717) is 25.9 Å². The van der Waals surface area contributed by atoms with Crippen LogP contribution in [-0.2, 0) is 10.3 Å². The van der Waals surface area contributed by atoms with Gasteiger partial charge >= 0.3 is 6.09 Å². The SMILES string of the molecule is NC(=O)OC1(c2ccc(F)cc2F)CCNCC1. The normalized spacial score (nSPS) is 18.3. The van der Waals surface area contributed by atoms with Crippen LogP contribution in [0.5, 0.6) is 0 Å². The molecule has 1 aromatic rings. The topological polar surface area (TPSA) is 64.4 Å². The molecule has 1 aliphatic rings. The fourth-order valence-electron chi connectivity index (χ4n) is 2.31. The molecule has 18 heavy (non-hydrogen) atoms. The molecule has 0 radical (unpaired) electrons. The van der Waals surface area contributed by atoms with E-state index in [1.807, 2.05) is 0 Å². The van der Waals surface area contributed by atoms with Gasteiger partial charge in [0.1, 0.15) is 17.2 Å². The van der Waals surface area contributed by atoms with E-state index in [1.54, 1.807) is 0 Å². The molecule has 1 heterocycles. The van der Waals surface area contributed by atoms with E-state index in [9.17, 15) is 13.6 Å². The van der Waals surface area contributed by atoms with Gasteiger partial charge in [-0.25, -0.2) is 13.6 Å². The molecule has 0 bridgehead atoms. The maximum atomic E-state index is 13.8. The van der Waals surface area contributed by atoms with Crippen molar-refractivity contribution in [3.8, 4) is 0 Å². The maximum absolute atomic E-state index is 13.8. The molecule has 2 rings (SSSR count). The Kier molecular flexibility index (Phi) is 3.47. The third-order valence-electron chi connectivity index (χ3n) is 3.13. The lowest BCUT2D eigenvalue weighted by atomic mass is 9.84. The number of ether oxygens (including phenoxy) is 1. The molecule has 1 amide bonds. The summed E-state index contributed by atoms with van der Waals surface area (Å²) in [5, 5.41) is 3.08. The van der Waals surface area contributed by atoms with Crippen molar-refractivity contribution < 1.29 is 18.3 Å². The first-order valence-electron chi connectivity index (χ1n) is 5.68. The number of nitrogens with two attached hydrogens (primary N) is 1. The number of primary amides is 1. The highest BCUT2D eigenvalue weighted by Crippen LogP contribution is 2.36. The number of nitrogens with one attached hydrogen (secondary N) is 1. The Bertz CT molecular complexity index is 459. The first-order chi connectivity index (χ1) is 8.53. The average molecular weight is 256 g/mol. The maximum Gasteiger partial charge on any atom is 0.405 e. The molecule has 6 heteroatoms. The van der Waals surface area contributed by atoms with E-state index in [1.165, 1.54) is 6.07 Å². The molecule has 1 aliphatic heterocycles. The van der Waals surface area contributed by atoms with Crippen LogP contribution in [0, 0.1) is 11.6 Å². The number of rotatable bonds is 2. The molecule has 0 aliphatic carbocycles. The van der Waals surface area contributed by atoms with Crippen LogP contribution in [0.25, 0.3) is 0 Å². The van der Waals surface area contributed by atoms with Crippen LogP contribution in [0.2, 0.25) is 0 Å². The Morgan fingerprint density at radius 3 is 2.56 bits per heavy atom. The van der Waals surface area contributed by atoms with Gasteiger partial charge in [-0.1, -0.05) is 0 Å². The van der Waals surface area contributed by atoms with Crippen LogP contribution in [0.4, 0.5) is 13.6 Å². The minimum Gasteiger partial charge on any atom is -0.438 e. The lowest BCUT2D eigenvalue weighted by Crippen LogP contribution is -2.44. The number of amides is 1. The van der Waals surface area contributed by atoms with Gasteiger partial charge in [-0.3, -0.25) is 0 Å². The lowest BCUT2D eigenvalue weighted by Gasteiger charge is -2.37. The molecule has 0 unspecified atom stereocenters. The summed E-state index contributed by atoms with van der Waals surface area (Å²) < 4.78 is 31.9. The zero-order valence-electron chi connectivity index (χ0n) is 9.71. The van der Waals surface area contributed by atoms with Crippen molar-refractivity contribution in [2.24, 2.45) is 5.73 Å².